The zero-order valence-electron chi connectivity index (χ0n) is 11.7. The quantitative estimate of drug-likeness (QED) is 0.595. The summed E-state index contributed by atoms with van der Waals surface area (Å²) < 4.78 is 1.84. The topological polar surface area (TPSA) is 67.4 Å². The van der Waals surface area contributed by atoms with Gasteiger partial charge >= 0.3 is 5.82 Å². The van der Waals surface area contributed by atoms with E-state index in [2.05, 4.69) is 35.7 Å². The van der Waals surface area contributed by atoms with Crippen molar-refractivity contribution in [3.8, 4) is 0 Å². The van der Waals surface area contributed by atoms with Crippen LogP contribution < -0.4 is 0 Å². The lowest BCUT2D eigenvalue weighted by atomic mass is 10.0. The smallest absolute Gasteiger partial charge is 0.358 e. The highest BCUT2D eigenvalue weighted by Gasteiger charge is 2.27. The third kappa shape index (κ3) is 3.30. The maximum atomic E-state index is 10.7. The van der Waals surface area contributed by atoms with Crippen molar-refractivity contribution in [1.82, 2.24) is 19.4 Å². The summed E-state index contributed by atoms with van der Waals surface area (Å²) in [5, 5.41) is 10.7. The van der Waals surface area contributed by atoms with E-state index in [4.69, 9.17) is 0 Å². The zero-order chi connectivity index (χ0) is 14.0. The lowest BCUT2D eigenvalue weighted by molar-refractivity contribution is -0.389. The van der Waals surface area contributed by atoms with Gasteiger partial charge in [0.2, 0.25) is 6.33 Å². The van der Waals surface area contributed by atoms with Crippen molar-refractivity contribution >= 4 is 5.82 Å². The molecule has 2 rings (SSSR count). The molecule has 0 N–H and O–H groups in total. The molecule has 0 atom stereocenters. The first-order valence-corrected chi connectivity index (χ1v) is 6.48. The number of imidazole rings is 1. The van der Waals surface area contributed by atoms with E-state index >= 15 is 0 Å². The SMILES string of the molecule is CN1CCN(CC(C)(C)n2cnc([N+](=O)[O-])c2)CC1. The molecule has 0 saturated carbocycles. The molecule has 1 aromatic heterocycles. The normalized spacial score (nSPS) is 18.7. The summed E-state index contributed by atoms with van der Waals surface area (Å²) in [7, 11) is 2.13. The fourth-order valence-corrected chi connectivity index (χ4v) is 2.37. The van der Waals surface area contributed by atoms with Crippen molar-refractivity contribution in [2.75, 3.05) is 39.8 Å². The fraction of sp³-hybridized carbons (Fsp3) is 0.750. The van der Waals surface area contributed by atoms with Gasteiger partial charge in [0.1, 0.15) is 6.20 Å². The van der Waals surface area contributed by atoms with Crippen LogP contribution in [0.1, 0.15) is 13.8 Å². The van der Waals surface area contributed by atoms with Gasteiger partial charge in [-0.05, 0) is 30.8 Å². The molecule has 1 aliphatic rings. The Morgan fingerprint density at radius 1 is 1.37 bits per heavy atom. The molecule has 1 aromatic rings. The van der Waals surface area contributed by atoms with Crippen molar-refractivity contribution in [1.29, 1.82) is 0 Å². The Labute approximate surface area is 113 Å². The van der Waals surface area contributed by atoms with Gasteiger partial charge in [-0.15, -0.1) is 0 Å². The maximum Gasteiger partial charge on any atom is 0.381 e. The van der Waals surface area contributed by atoms with Gasteiger partial charge in [0.15, 0.2) is 0 Å². The van der Waals surface area contributed by atoms with Crippen LogP contribution >= 0.6 is 0 Å². The molecule has 7 heteroatoms. The number of hydrogen-bond donors (Lipinski definition) is 0. The van der Waals surface area contributed by atoms with Crippen molar-refractivity contribution < 1.29 is 4.92 Å². The molecule has 0 radical (unpaired) electrons. The monoisotopic (exact) mass is 267 g/mol. The second-order valence-corrected chi connectivity index (χ2v) is 5.79. The third-order valence-corrected chi connectivity index (χ3v) is 3.66. The van der Waals surface area contributed by atoms with Crippen molar-refractivity contribution in [2.45, 2.75) is 19.4 Å². The Morgan fingerprint density at radius 3 is 2.53 bits per heavy atom. The van der Waals surface area contributed by atoms with Crippen LogP contribution in [0.4, 0.5) is 5.82 Å². The number of aromatic nitrogens is 2. The van der Waals surface area contributed by atoms with E-state index in [0.29, 0.717) is 0 Å². The Bertz CT molecular complexity index is 449. The molecule has 19 heavy (non-hydrogen) atoms. The molecular weight excluding hydrogens is 246 g/mol. The average Bonchev–Trinajstić information content (AvgIpc) is 2.82. The molecule has 0 spiro atoms. The Morgan fingerprint density at radius 2 is 2.00 bits per heavy atom. The van der Waals surface area contributed by atoms with Crippen LogP contribution in [0.25, 0.3) is 0 Å². The van der Waals surface area contributed by atoms with Crippen molar-refractivity contribution in [3.63, 3.8) is 0 Å². The highest BCUT2D eigenvalue weighted by Crippen LogP contribution is 2.20. The van der Waals surface area contributed by atoms with E-state index in [1.807, 2.05) is 4.57 Å². The van der Waals surface area contributed by atoms with E-state index < -0.39 is 4.92 Å². The summed E-state index contributed by atoms with van der Waals surface area (Å²) in [5.74, 6) is -0.0912. The summed E-state index contributed by atoms with van der Waals surface area (Å²) in [6, 6.07) is 0. The van der Waals surface area contributed by atoms with E-state index in [1.54, 1.807) is 6.33 Å². The largest absolute Gasteiger partial charge is 0.381 e. The Kier molecular flexibility index (Phi) is 3.86. The van der Waals surface area contributed by atoms with Crippen LogP contribution in [0.3, 0.4) is 0 Å². The molecule has 0 amide bonds. The second-order valence-electron chi connectivity index (χ2n) is 5.79. The van der Waals surface area contributed by atoms with E-state index in [0.717, 1.165) is 32.7 Å². The van der Waals surface area contributed by atoms with Crippen LogP contribution in [0, 0.1) is 10.1 Å². The number of nitrogens with zero attached hydrogens (tertiary/aromatic N) is 5. The van der Waals surface area contributed by atoms with Crippen molar-refractivity contribution in [3.05, 3.63) is 22.6 Å². The second kappa shape index (κ2) is 5.26. The average molecular weight is 267 g/mol. The summed E-state index contributed by atoms with van der Waals surface area (Å²) in [5.41, 5.74) is -0.197. The van der Waals surface area contributed by atoms with E-state index in [9.17, 15) is 10.1 Å². The number of hydrogen-bond acceptors (Lipinski definition) is 5. The molecule has 1 saturated heterocycles. The molecule has 2 heterocycles. The molecule has 1 aliphatic heterocycles. The third-order valence-electron chi connectivity index (χ3n) is 3.66. The Balaban J connectivity index is 2.02. The minimum atomic E-state index is -0.456. The molecule has 0 unspecified atom stereocenters. The highest BCUT2D eigenvalue weighted by molar-refractivity contribution is 5.14. The zero-order valence-corrected chi connectivity index (χ0v) is 11.7. The molecule has 1 fully saturated rings. The van der Waals surface area contributed by atoms with Gasteiger partial charge in [0.05, 0.1) is 5.54 Å². The van der Waals surface area contributed by atoms with Crippen LogP contribution in [-0.2, 0) is 5.54 Å². The van der Waals surface area contributed by atoms with Crippen LogP contribution in [0.2, 0.25) is 0 Å². The predicted octanol–water partition coefficient (Wildman–Crippen LogP) is 0.774. The molecule has 0 bridgehead atoms. The summed E-state index contributed by atoms with van der Waals surface area (Å²) in [4.78, 5) is 18.8. The van der Waals surface area contributed by atoms with Crippen molar-refractivity contribution in [2.24, 2.45) is 0 Å². The van der Waals surface area contributed by atoms with E-state index in [-0.39, 0.29) is 11.4 Å². The lowest BCUT2D eigenvalue weighted by Crippen LogP contribution is -2.49. The van der Waals surface area contributed by atoms with Gasteiger partial charge in [0, 0.05) is 32.7 Å². The predicted molar refractivity (Wildman–Crippen MR) is 72.1 cm³/mol. The van der Waals surface area contributed by atoms with Crippen LogP contribution in [0.5, 0.6) is 0 Å². The lowest BCUT2D eigenvalue weighted by Gasteiger charge is -2.37. The minimum Gasteiger partial charge on any atom is -0.358 e. The number of nitro groups is 1. The summed E-state index contributed by atoms with van der Waals surface area (Å²) in [6.07, 6.45) is 3.06. The standard InChI is InChI=1S/C12H21N5O2/c1-12(2,9-15-6-4-14(3)5-7-15)16-8-11(13-10-16)17(18)19/h8,10H,4-7,9H2,1-3H3. The molecule has 106 valence electrons. The van der Waals surface area contributed by atoms with Gasteiger partial charge in [0.25, 0.3) is 0 Å². The van der Waals surface area contributed by atoms with Crippen LogP contribution in [0.15, 0.2) is 12.5 Å². The van der Waals surface area contributed by atoms with Gasteiger partial charge < -0.3 is 19.6 Å². The molecular formula is C12H21N5O2. The van der Waals surface area contributed by atoms with Crippen LogP contribution in [-0.4, -0.2) is 64.0 Å². The first-order chi connectivity index (χ1) is 8.88. The van der Waals surface area contributed by atoms with Gasteiger partial charge in [-0.1, -0.05) is 0 Å². The first-order valence-electron chi connectivity index (χ1n) is 6.48. The Hall–Kier alpha value is -1.47. The number of piperazine rings is 1. The number of likely N-dealkylation sites (N-methyl/N-ethyl adjacent to an activating group) is 1. The van der Waals surface area contributed by atoms with Gasteiger partial charge in [-0.2, -0.15) is 0 Å². The molecule has 7 nitrogen and oxygen atoms in total. The highest BCUT2D eigenvalue weighted by atomic mass is 16.6. The maximum absolute atomic E-state index is 10.7. The summed E-state index contributed by atoms with van der Waals surface area (Å²) >= 11 is 0. The minimum absolute atomic E-state index is 0.0912. The van der Waals surface area contributed by atoms with E-state index in [1.165, 1.54) is 6.20 Å². The fourth-order valence-electron chi connectivity index (χ4n) is 2.37. The number of rotatable bonds is 4. The molecule has 0 aromatic carbocycles. The van der Waals surface area contributed by atoms with Gasteiger partial charge in [-0.3, -0.25) is 4.90 Å². The molecule has 0 aliphatic carbocycles. The van der Waals surface area contributed by atoms with Gasteiger partial charge in [-0.25, -0.2) is 0 Å². The first kappa shape index (κ1) is 14.0. The summed E-state index contributed by atoms with van der Waals surface area (Å²) in [6.45, 7) is 9.25.